The zero-order valence-electron chi connectivity index (χ0n) is 8.73. The van der Waals surface area contributed by atoms with Gasteiger partial charge in [-0.25, -0.2) is 0 Å². The Kier molecular flexibility index (Phi) is 4.51. The minimum absolute atomic E-state index is 0.00810. The van der Waals surface area contributed by atoms with Crippen molar-refractivity contribution in [1.82, 2.24) is 10.2 Å². The SMILES string of the molecule is CNC(CC(=O)N1CCOCC1)C(=O)O. The standard InChI is InChI=1S/C9H16N2O4/c1-10-7(9(13)14)6-8(12)11-2-4-15-5-3-11/h7,10H,2-6H2,1H3,(H,13,14). The lowest BCUT2D eigenvalue weighted by molar-refractivity contribution is -0.144. The van der Waals surface area contributed by atoms with Crippen molar-refractivity contribution in [3.05, 3.63) is 0 Å². The van der Waals surface area contributed by atoms with Crippen LogP contribution in [0.4, 0.5) is 0 Å². The Balaban J connectivity index is 2.42. The molecule has 1 saturated heterocycles. The van der Waals surface area contributed by atoms with Gasteiger partial charge in [-0.3, -0.25) is 9.59 Å². The second-order valence-electron chi connectivity index (χ2n) is 3.38. The first-order valence-electron chi connectivity index (χ1n) is 4.90. The number of likely N-dealkylation sites (N-methyl/N-ethyl adjacent to an activating group) is 1. The van der Waals surface area contributed by atoms with Crippen LogP contribution in [-0.4, -0.2) is 61.3 Å². The predicted molar refractivity (Wildman–Crippen MR) is 52.5 cm³/mol. The monoisotopic (exact) mass is 216 g/mol. The van der Waals surface area contributed by atoms with Gasteiger partial charge in [0.15, 0.2) is 0 Å². The molecule has 1 amide bonds. The van der Waals surface area contributed by atoms with E-state index in [9.17, 15) is 9.59 Å². The van der Waals surface area contributed by atoms with E-state index in [4.69, 9.17) is 9.84 Å². The molecule has 1 atom stereocenters. The lowest BCUT2D eigenvalue weighted by Crippen LogP contribution is -2.45. The van der Waals surface area contributed by atoms with E-state index in [0.29, 0.717) is 26.3 Å². The summed E-state index contributed by atoms with van der Waals surface area (Å²) < 4.78 is 5.10. The first-order valence-corrected chi connectivity index (χ1v) is 4.90. The smallest absolute Gasteiger partial charge is 0.321 e. The van der Waals surface area contributed by atoms with Crippen molar-refractivity contribution in [2.45, 2.75) is 12.5 Å². The number of nitrogens with zero attached hydrogens (tertiary/aromatic N) is 1. The molecule has 15 heavy (non-hydrogen) atoms. The van der Waals surface area contributed by atoms with Crippen molar-refractivity contribution >= 4 is 11.9 Å². The van der Waals surface area contributed by atoms with E-state index < -0.39 is 12.0 Å². The highest BCUT2D eigenvalue weighted by atomic mass is 16.5. The molecule has 6 heteroatoms. The van der Waals surface area contributed by atoms with Crippen molar-refractivity contribution in [3.8, 4) is 0 Å². The number of carboxylic acid groups (broad SMARTS) is 1. The number of hydrogen-bond donors (Lipinski definition) is 2. The summed E-state index contributed by atoms with van der Waals surface area (Å²) in [5.41, 5.74) is 0. The summed E-state index contributed by atoms with van der Waals surface area (Å²) in [6.07, 6.45) is -0.00810. The van der Waals surface area contributed by atoms with Gasteiger partial charge in [0.2, 0.25) is 5.91 Å². The Labute approximate surface area is 88.2 Å². The molecule has 0 aromatic heterocycles. The van der Waals surface area contributed by atoms with Crippen molar-refractivity contribution in [1.29, 1.82) is 0 Å². The molecule has 0 radical (unpaired) electrons. The summed E-state index contributed by atoms with van der Waals surface area (Å²) in [6.45, 7) is 2.16. The van der Waals surface area contributed by atoms with E-state index >= 15 is 0 Å². The molecule has 0 aromatic rings. The van der Waals surface area contributed by atoms with Gasteiger partial charge >= 0.3 is 5.97 Å². The summed E-state index contributed by atoms with van der Waals surface area (Å²) in [4.78, 5) is 24.0. The van der Waals surface area contributed by atoms with Gasteiger partial charge in [-0.05, 0) is 7.05 Å². The number of aliphatic carboxylic acids is 1. The number of rotatable bonds is 4. The summed E-state index contributed by atoms with van der Waals surface area (Å²) >= 11 is 0. The molecule has 0 aliphatic carbocycles. The van der Waals surface area contributed by atoms with Gasteiger partial charge in [-0.1, -0.05) is 0 Å². The minimum Gasteiger partial charge on any atom is -0.480 e. The maximum Gasteiger partial charge on any atom is 0.321 e. The van der Waals surface area contributed by atoms with Crippen LogP contribution in [0.5, 0.6) is 0 Å². The average molecular weight is 216 g/mol. The molecule has 1 aliphatic rings. The van der Waals surface area contributed by atoms with Crippen LogP contribution >= 0.6 is 0 Å². The van der Waals surface area contributed by atoms with Crippen LogP contribution in [-0.2, 0) is 14.3 Å². The molecule has 1 rings (SSSR count). The van der Waals surface area contributed by atoms with Gasteiger partial charge in [0.25, 0.3) is 0 Å². The second kappa shape index (κ2) is 5.67. The topological polar surface area (TPSA) is 78.9 Å². The van der Waals surface area contributed by atoms with Gasteiger partial charge in [0, 0.05) is 13.1 Å². The maximum absolute atomic E-state index is 11.6. The van der Waals surface area contributed by atoms with Gasteiger partial charge < -0.3 is 20.1 Å². The second-order valence-corrected chi connectivity index (χ2v) is 3.38. The number of nitrogens with one attached hydrogen (secondary N) is 1. The van der Waals surface area contributed by atoms with Crippen LogP contribution in [0.3, 0.4) is 0 Å². The van der Waals surface area contributed by atoms with Crippen LogP contribution in [0.25, 0.3) is 0 Å². The number of morpholine rings is 1. The van der Waals surface area contributed by atoms with Crippen LogP contribution in [0, 0.1) is 0 Å². The van der Waals surface area contributed by atoms with E-state index in [1.165, 1.54) is 7.05 Å². The molecule has 1 fully saturated rings. The third-order valence-electron chi connectivity index (χ3n) is 2.39. The molecule has 0 aromatic carbocycles. The van der Waals surface area contributed by atoms with Gasteiger partial charge in [0.05, 0.1) is 19.6 Å². The highest BCUT2D eigenvalue weighted by Gasteiger charge is 2.23. The summed E-state index contributed by atoms with van der Waals surface area (Å²) in [5.74, 6) is -1.14. The number of carbonyl (C=O) groups excluding carboxylic acids is 1. The van der Waals surface area contributed by atoms with Crippen LogP contribution in [0.2, 0.25) is 0 Å². The fourth-order valence-corrected chi connectivity index (χ4v) is 1.43. The van der Waals surface area contributed by atoms with E-state index in [-0.39, 0.29) is 12.3 Å². The molecule has 0 saturated carbocycles. The number of amides is 1. The first-order chi connectivity index (χ1) is 7.15. The fourth-order valence-electron chi connectivity index (χ4n) is 1.43. The van der Waals surface area contributed by atoms with E-state index in [0.717, 1.165) is 0 Å². The molecule has 0 spiro atoms. The quantitative estimate of drug-likeness (QED) is 0.624. The number of carbonyl (C=O) groups is 2. The summed E-state index contributed by atoms with van der Waals surface area (Å²) in [5, 5.41) is 11.4. The van der Waals surface area contributed by atoms with Crippen LogP contribution < -0.4 is 5.32 Å². The Morgan fingerprint density at radius 1 is 1.47 bits per heavy atom. The van der Waals surface area contributed by atoms with Gasteiger partial charge in [0.1, 0.15) is 6.04 Å². The number of carboxylic acids is 1. The van der Waals surface area contributed by atoms with E-state index in [1.54, 1.807) is 4.90 Å². The third kappa shape index (κ3) is 3.49. The molecular weight excluding hydrogens is 200 g/mol. The molecule has 0 bridgehead atoms. The molecular formula is C9H16N2O4. The van der Waals surface area contributed by atoms with Gasteiger partial charge in [-0.2, -0.15) is 0 Å². The zero-order valence-corrected chi connectivity index (χ0v) is 8.73. The predicted octanol–water partition coefficient (Wildman–Crippen LogP) is -1.09. The average Bonchev–Trinajstić information content (AvgIpc) is 2.26. The van der Waals surface area contributed by atoms with Crippen molar-refractivity contribution in [2.75, 3.05) is 33.4 Å². The summed E-state index contributed by atoms with van der Waals surface area (Å²) in [7, 11) is 1.53. The highest BCUT2D eigenvalue weighted by Crippen LogP contribution is 2.02. The largest absolute Gasteiger partial charge is 0.480 e. The Morgan fingerprint density at radius 3 is 2.53 bits per heavy atom. The number of hydrogen-bond acceptors (Lipinski definition) is 4. The highest BCUT2D eigenvalue weighted by molar-refractivity contribution is 5.84. The zero-order chi connectivity index (χ0) is 11.3. The summed E-state index contributed by atoms with van der Waals surface area (Å²) in [6, 6.07) is -0.805. The molecule has 2 N–H and O–H groups in total. The molecule has 1 heterocycles. The van der Waals surface area contributed by atoms with E-state index in [2.05, 4.69) is 5.32 Å². The normalized spacial score (nSPS) is 18.6. The fraction of sp³-hybridized carbons (Fsp3) is 0.778. The minimum atomic E-state index is -1.00. The third-order valence-corrected chi connectivity index (χ3v) is 2.39. The lowest BCUT2D eigenvalue weighted by atomic mass is 10.2. The molecule has 1 unspecified atom stereocenters. The molecule has 86 valence electrons. The molecule has 1 aliphatic heterocycles. The first kappa shape index (κ1) is 11.9. The maximum atomic E-state index is 11.6. The van der Waals surface area contributed by atoms with Crippen molar-refractivity contribution in [3.63, 3.8) is 0 Å². The Hall–Kier alpha value is -1.14. The van der Waals surface area contributed by atoms with E-state index in [1.807, 2.05) is 0 Å². The Morgan fingerprint density at radius 2 is 2.07 bits per heavy atom. The van der Waals surface area contributed by atoms with Crippen LogP contribution in [0.1, 0.15) is 6.42 Å². The van der Waals surface area contributed by atoms with Crippen molar-refractivity contribution < 1.29 is 19.4 Å². The van der Waals surface area contributed by atoms with Crippen molar-refractivity contribution in [2.24, 2.45) is 0 Å². The lowest BCUT2D eigenvalue weighted by Gasteiger charge is -2.27. The van der Waals surface area contributed by atoms with Crippen LogP contribution in [0.15, 0.2) is 0 Å². The number of ether oxygens (including phenoxy) is 1. The Bertz CT molecular complexity index is 238. The molecule has 6 nitrogen and oxygen atoms in total. The van der Waals surface area contributed by atoms with Gasteiger partial charge in [-0.15, -0.1) is 0 Å².